The van der Waals surface area contributed by atoms with Gasteiger partial charge in [-0.1, -0.05) is 5.16 Å². The first kappa shape index (κ1) is 12.3. The molecule has 0 aliphatic carbocycles. The molecule has 2 aliphatic heterocycles. The summed E-state index contributed by atoms with van der Waals surface area (Å²) in [5.74, 6) is 0.128. The average Bonchev–Trinajstić information content (AvgIpc) is 2.70. The minimum absolute atomic E-state index is 0.128. The standard InChI is InChI=1S/C14H19N3O2/c15-14(16-19)9-1-3-10(4-2-9)17-11-5-6-12(17)8-13(18)7-11/h1-4,11-13,18-19H,5-8H2,(H2,15,16). The molecule has 2 heterocycles. The Kier molecular flexibility index (Phi) is 3.06. The van der Waals surface area contributed by atoms with Crippen molar-refractivity contribution in [2.75, 3.05) is 4.90 Å². The smallest absolute Gasteiger partial charge is 0.170 e. The van der Waals surface area contributed by atoms with Gasteiger partial charge in [0, 0.05) is 23.3 Å². The predicted octanol–water partition coefficient (Wildman–Crippen LogP) is 1.27. The van der Waals surface area contributed by atoms with E-state index in [0.29, 0.717) is 12.1 Å². The maximum atomic E-state index is 9.82. The summed E-state index contributed by atoms with van der Waals surface area (Å²) in [4.78, 5) is 2.42. The molecule has 0 radical (unpaired) electrons. The lowest BCUT2D eigenvalue weighted by Gasteiger charge is -2.39. The van der Waals surface area contributed by atoms with E-state index in [4.69, 9.17) is 10.9 Å². The van der Waals surface area contributed by atoms with Crippen LogP contribution in [-0.2, 0) is 0 Å². The first-order valence-corrected chi connectivity index (χ1v) is 6.73. The van der Waals surface area contributed by atoms with Crippen LogP contribution in [0.2, 0.25) is 0 Å². The number of hydrogen-bond donors (Lipinski definition) is 3. The van der Waals surface area contributed by atoms with Gasteiger partial charge in [-0.15, -0.1) is 0 Å². The molecule has 2 unspecified atom stereocenters. The van der Waals surface area contributed by atoms with E-state index in [9.17, 15) is 5.11 Å². The number of oxime groups is 1. The lowest BCUT2D eigenvalue weighted by atomic mass is 9.99. The van der Waals surface area contributed by atoms with Crippen LogP contribution in [0.4, 0.5) is 5.69 Å². The molecule has 5 nitrogen and oxygen atoms in total. The van der Waals surface area contributed by atoms with E-state index in [2.05, 4.69) is 10.1 Å². The fourth-order valence-electron chi connectivity index (χ4n) is 3.43. The SMILES string of the molecule is NC(=NO)c1ccc(N2C3CCC2CC(O)C3)cc1. The van der Waals surface area contributed by atoms with E-state index < -0.39 is 0 Å². The summed E-state index contributed by atoms with van der Waals surface area (Å²) in [6.45, 7) is 0. The van der Waals surface area contributed by atoms with E-state index in [1.54, 1.807) is 0 Å². The van der Waals surface area contributed by atoms with Crippen LogP contribution in [0, 0.1) is 0 Å². The first-order chi connectivity index (χ1) is 9.19. The van der Waals surface area contributed by atoms with Crippen molar-refractivity contribution in [1.82, 2.24) is 0 Å². The third-order valence-corrected chi connectivity index (χ3v) is 4.28. The minimum Gasteiger partial charge on any atom is -0.409 e. The Balaban J connectivity index is 1.83. The zero-order valence-electron chi connectivity index (χ0n) is 10.7. The topological polar surface area (TPSA) is 82.1 Å². The highest BCUT2D eigenvalue weighted by atomic mass is 16.4. The molecule has 1 aromatic rings. The van der Waals surface area contributed by atoms with Gasteiger partial charge >= 0.3 is 0 Å². The maximum Gasteiger partial charge on any atom is 0.170 e. The number of benzene rings is 1. The van der Waals surface area contributed by atoms with E-state index in [0.717, 1.165) is 36.9 Å². The molecule has 4 N–H and O–H groups in total. The summed E-state index contributed by atoms with van der Waals surface area (Å²) in [5, 5.41) is 21.5. The molecule has 2 atom stereocenters. The molecular formula is C14H19N3O2. The van der Waals surface area contributed by atoms with Crippen molar-refractivity contribution >= 4 is 11.5 Å². The molecular weight excluding hydrogens is 242 g/mol. The van der Waals surface area contributed by atoms with Crippen LogP contribution in [0.5, 0.6) is 0 Å². The molecule has 0 saturated carbocycles. The van der Waals surface area contributed by atoms with Gasteiger partial charge in [0.05, 0.1) is 6.10 Å². The number of anilines is 1. The number of amidine groups is 1. The quantitative estimate of drug-likeness (QED) is 0.324. The van der Waals surface area contributed by atoms with E-state index in [1.165, 1.54) is 0 Å². The van der Waals surface area contributed by atoms with Gasteiger partial charge in [0.1, 0.15) is 0 Å². The summed E-state index contributed by atoms with van der Waals surface area (Å²) in [6, 6.07) is 8.66. The Morgan fingerprint density at radius 3 is 2.26 bits per heavy atom. The van der Waals surface area contributed by atoms with Crippen LogP contribution in [0.1, 0.15) is 31.2 Å². The van der Waals surface area contributed by atoms with Gasteiger partial charge < -0.3 is 20.9 Å². The largest absolute Gasteiger partial charge is 0.409 e. The monoisotopic (exact) mass is 261 g/mol. The summed E-state index contributed by atoms with van der Waals surface area (Å²) in [5.41, 5.74) is 7.44. The zero-order chi connectivity index (χ0) is 13.4. The van der Waals surface area contributed by atoms with Crippen LogP contribution in [-0.4, -0.2) is 34.3 Å². The highest BCUT2D eigenvalue weighted by Gasteiger charge is 2.40. The molecule has 2 fully saturated rings. The zero-order valence-corrected chi connectivity index (χ0v) is 10.7. The van der Waals surface area contributed by atoms with Gasteiger partial charge in [-0.25, -0.2) is 0 Å². The Labute approximate surface area is 112 Å². The molecule has 19 heavy (non-hydrogen) atoms. The van der Waals surface area contributed by atoms with Gasteiger partial charge in [-0.2, -0.15) is 0 Å². The molecule has 0 aromatic heterocycles. The summed E-state index contributed by atoms with van der Waals surface area (Å²) < 4.78 is 0. The summed E-state index contributed by atoms with van der Waals surface area (Å²) >= 11 is 0. The number of aliphatic hydroxyl groups is 1. The molecule has 2 saturated heterocycles. The average molecular weight is 261 g/mol. The first-order valence-electron chi connectivity index (χ1n) is 6.73. The van der Waals surface area contributed by atoms with E-state index in [1.807, 2.05) is 24.3 Å². The second kappa shape index (κ2) is 4.74. The van der Waals surface area contributed by atoms with Crippen molar-refractivity contribution in [3.63, 3.8) is 0 Å². The predicted molar refractivity (Wildman–Crippen MR) is 73.5 cm³/mol. The number of nitrogens with zero attached hydrogens (tertiary/aromatic N) is 2. The van der Waals surface area contributed by atoms with E-state index >= 15 is 0 Å². The van der Waals surface area contributed by atoms with Crippen molar-refractivity contribution in [2.24, 2.45) is 10.9 Å². The summed E-state index contributed by atoms with van der Waals surface area (Å²) in [6.07, 6.45) is 3.88. The normalized spacial score (nSPS) is 30.7. The Morgan fingerprint density at radius 1 is 1.16 bits per heavy atom. The Bertz CT molecular complexity index is 472. The second-order valence-corrected chi connectivity index (χ2v) is 5.45. The Hall–Kier alpha value is -1.75. The van der Waals surface area contributed by atoms with Crippen LogP contribution < -0.4 is 10.6 Å². The molecule has 102 valence electrons. The fraction of sp³-hybridized carbons (Fsp3) is 0.500. The summed E-state index contributed by atoms with van der Waals surface area (Å²) in [7, 11) is 0. The fourth-order valence-corrected chi connectivity index (χ4v) is 3.43. The van der Waals surface area contributed by atoms with Crippen molar-refractivity contribution in [2.45, 2.75) is 43.9 Å². The lowest BCUT2D eigenvalue weighted by Crippen LogP contribution is -2.44. The minimum atomic E-state index is -0.148. The number of aliphatic hydroxyl groups excluding tert-OH is 1. The number of fused-ring (bicyclic) bond motifs is 2. The van der Waals surface area contributed by atoms with Gasteiger partial charge in [0.15, 0.2) is 5.84 Å². The van der Waals surface area contributed by atoms with Gasteiger partial charge in [0.2, 0.25) is 0 Å². The van der Waals surface area contributed by atoms with E-state index in [-0.39, 0.29) is 11.9 Å². The molecule has 2 bridgehead atoms. The third kappa shape index (κ3) is 2.14. The van der Waals surface area contributed by atoms with Crippen molar-refractivity contribution in [1.29, 1.82) is 0 Å². The van der Waals surface area contributed by atoms with Crippen LogP contribution >= 0.6 is 0 Å². The molecule has 0 spiro atoms. The molecule has 5 heteroatoms. The number of rotatable bonds is 2. The van der Waals surface area contributed by atoms with Crippen LogP contribution in [0.3, 0.4) is 0 Å². The number of hydrogen-bond acceptors (Lipinski definition) is 4. The number of nitrogens with two attached hydrogens (primary N) is 1. The Morgan fingerprint density at radius 2 is 1.74 bits per heavy atom. The second-order valence-electron chi connectivity index (χ2n) is 5.45. The maximum absolute atomic E-state index is 9.82. The molecule has 1 aromatic carbocycles. The van der Waals surface area contributed by atoms with Crippen molar-refractivity contribution in [3.05, 3.63) is 29.8 Å². The van der Waals surface area contributed by atoms with Crippen LogP contribution in [0.15, 0.2) is 29.4 Å². The molecule has 2 aliphatic rings. The van der Waals surface area contributed by atoms with Crippen molar-refractivity contribution < 1.29 is 10.3 Å². The van der Waals surface area contributed by atoms with Gasteiger partial charge in [-0.3, -0.25) is 0 Å². The highest BCUT2D eigenvalue weighted by Crippen LogP contribution is 2.39. The van der Waals surface area contributed by atoms with Crippen LogP contribution in [0.25, 0.3) is 0 Å². The highest BCUT2D eigenvalue weighted by molar-refractivity contribution is 5.97. The van der Waals surface area contributed by atoms with Crippen molar-refractivity contribution in [3.8, 4) is 0 Å². The lowest BCUT2D eigenvalue weighted by molar-refractivity contribution is 0.126. The third-order valence-electron chi connectivity index (χ3n) is 4.28. The number of piperidine rings is 1. The van der Waals surface area contributed by atoms with Gasteiger partial charge in [-0.05, 0) is 49.9 Å². The molecule has 3 rings (SSSR count). The molecule has 0 amide bonds. The van der Waals surface area contributed by atoms with Gasteiger partial charge in [0.25, 0.3) is 0 Å².